The van der Waals surface area contributed by atoms with Crippen LogP contribution in [0.4, 0.5) is 11.5 Å². The summed E-state index contributed by atoms with van der Waals surface area (Å²) in [6.07, 6.45) is 3.33. The lowest BCUT2D eigenvalue weighted by molar-refractivity contribution is 0.904. The first-order valence-electron chi connectivity index (χ1n) is 6.14. The van der Waals surface area contributed by atoms with Crippen molar-refractivity contribution in [2.24, 2.45) is 0 Å². The Balaban J connectivity index is 2.37. The number of hydrogen-bond donors (Lipinski definition) is 1. The summed E-state index contributed by atoms with van der Waals surface area (Å²) >= 11 is 9.67. The predicted octanol–water partition coefficient (Wildman–Crippen LogP) is 4.90. The van der Waals surface area contributed by atoms with E-state index >= 15 is 0 Å². The van der Waals surface area contributed by atoms with Gasteiger partial charge in [0.1, 0.15) is 17.3 Å². The molecule has 5 heteroatoms. The van der Waals surface area contributed by atoms with E-state index in [-0.39, 0.29) is 0 Å². The molecule has 1 heterocycles. The summed E-state index contributed by atoms with van der Waals surface area (Å²) in [4.78, 5) is 8.34. The van der Waals surface area contributed by atoms with Crippen molar-refractivity contribution in [2.45, 2.75) is 26.7 Å². The third-order valence-electron chi connectivity index (χ3n) is 2.77. The van der Waals surface area contributed by atoms with E-state index in [9.17, 15) is 0 Å². The van der Waals surface area contributed by atoms with E-state index in [1.165, 1.54) is 11.9 Å². The number of benzene rings is 1. The van der Waals surface area contributed by atoms with Crippen LogP contribution in [0.1, 0.15) is 24.5 Å². The molecule has 0 aliphatic heterocycles. The SMILES string of the molecule is CCCc1c(Cl)ncnc1Nc1cc(C)ccc1Br. The molecule has 0 aliphatic carbocycles. The minimum Gasteiger partial charge on any atom is -0.339 e. The smallest absolute Gasteiger partial charge is 0.138 e. The number of rotatable bonds is 4. The van der Waals surface area contributed by atoms with Crippen LogP contribution in [0.5, 0.6) is 0 Å². The van der Waals surface area contributed by atoms with Crippen molar-refractivity contribution >= 4 is 39.0 Å². The van der Waals surface area contributed by atoms with E-state index in [0.29, 0.717) is 5.15 Å². The maximum absolute atomic E-state index is 6.14. The predicted molar refractivity (Wildman–Crippen MR) is 83.2 cm³/mol. The van der Waals surface area contributed by atoms with Gasteiger partial charge in [0.15, 0.2) is 0 Å². The number of aryl methyl sites for hydroxylation is 1. The minimum absolute atomic E-state index is 0.517. The molecule has 2 rings (SSSR count). The standard InChI is InChI=1S/C14H15BrClN3/c1-3-4-10-13(16)17-8-18-14(10)19-12-7-9(2)5-6-11(12)15/h5-8H,3-4H2,1-2H3,(H,17,18,19). The van der Waals surface area contributed by atoms with Crippen LogP contribution >= 0.6 is 27.5 Å². The van der Waals surface area contributed by atoms with Gasteiger partial charge in [-0.25, -0.2) is 9.97 Å². The van der Waals surface area contributed by atoms with Crippen molar-refractivity contribution in [1.29, 1.82) is 0 Å². The van der Waals surface area contributed by atoms with Crippen molar-refractivity contribution in [1.82, 2.24) is 9.97 Å². The highest BCUT2D eigenvalue weighted by Gasteiger charge is 2.10. The number of aromatic nitrogens is 2. The molecule has 100 valence electrons. The van der Waals surface area contributed by atoms with Crippen molar-refractivity contribution in [2.75, 3.05) is 5.32 Å². The molecule has 1 N–H and O–H groups in total. The van der Waals surface area contributed by atoms with Crippen LogP contribution in [0.2, 0.25) is 5.15 Å². The molecule has 0 atom stereocenters. The van der Waals surface area contributed by atoms with Gasteiger partial charge in [0.05, 0.1) is 5.69 Å². The molecule has 0 radical (unpaired) electrons. The van der Waals surface area contributed by atoms with E-state index in [1.54, 1.807) is 0 Å². The van der Waals surface area contributed by atoms with Crippen LogP contribution in [0.15, 0.2) is 29.0 Å². The monoisotopic (exact) mass is 339 g/mol. The zero-order valence-corrected chi connectivity index (χ0v) is 13.2. The Morgan fingerprint density at radius 3 is 2.84 bits per heavy atom. The molecule has 19 heavy (non-hydrogen) atoms. The van der Waals surface area contributed by atoms with Gasteiger partial charge in [-0.05, 0) is 47.0 Å². The van der Waals surface area contributed by atoms with Gasteiger partial charge in [-0.1, -0.05) is 31.0 Å². The summed E-state index contributed by atoms with van der Waals surface area (Å²) in [7, 11) is 0. The second-order valence-corrected chi connectivity index (χ2v) is 5.56. The highest BCUT2D eigenvalue weighted by atomic mass is 79.9. The molecule has 2 aromatic rings. The summed E-state index contributed by atoms with van der Waals surface area (Å²) in [6.45, 7) is 4.16. The van der Waals surface area contributed by atoms with Gasteiger partial charge < -0.3 is 5.32 Å². The number of halogens is 2. The summed E-state index contributed by atoms with van der Waals surface area (Å²) in [5, 5.41) is 3.84. The highest BCUT2D eigenvalue weighted by molar-refractivity contribution is 9.10. The van der Waals surface area contributed by atoms with Crippen molar-refractivity contribution in [3.8, 4) is 0 Å². The van der Waals surface area contributed by atoms with E-state index in [0.717, 1.165) is 34.4 Å². The minimum atomic E-state index is 0.517. The Labute approximate surface area is 126 Å². The Hall–Kier alpha value is -1.13. The first-order valence-corrected chi connectivity index (χ1v) is 7.31. The second kappa shape index (κ2) is 6.35. The van der Waals surface area contributed by atoms with Crippen LogP contribution in [-0.4, -0.2) is 9.97 Å². The Kier molecular flexibility index (Phi) is 4.77. The molecular formula is C14H15BrClN3. The van der Waals surface area contributed by atoms with E-state index in [1.807, 2.05) is 6.07 Å². The fourth-order valence-electron chi connectivity index (χ4n) is 1.83. The third-order valence-corrected chi connectivity index (χ3v) is 3.78. The van der Waals surface area contributed by atoms with Gasteiger partial charge in [-0.15, -0.1) is 0 Å². The first kappa shape index (κ1) is 14.3. The summed E-state index contributed by atoms with van der Waals surface area (Å²) in [6, 6.07) is 6.13. The third kappa shape index (κ3) is 3.45. The van der Waals surface area contributed by atoms with Crippen LogP contribution in [-0.2, 0) is 6.42 Å². The molecule has 0 amide bonds. The number of nitrogens with zero attached hydrogens (tertiary/aromatic N) is 2. The second-order valence-electron chi connectivity index (χ2n) is 4.35. The van der Waals surface area contributed by atoms with E-state index < -0.39 is 0 Å². The average Bonchev–Trinajstić information content (AvgIpc) is 2.38. The molecule has 0 saturated carbocycles. The van der Waals surface area contributed by atoms with Gasteiger partial charge in [0, 0.05) is 10.0 Å². The summed E-state index contributed by atoms with van der Waals surface area (Å²) < 4.78 is 0.996. The molecule has 3 nitrogen and oxygen atoms in total. The fourth-order valence-corrected chi connectivity index (χ4v) is 2.41. The first-order chi connectivity index (χ1) is 9.11. The Morgan fingerprint density at radius 2 is 2.11 bits per heavy atom. The van der Waals surface area contributed by atoms with Crippen LogP contribution in [0, 0.1) is 6.92 Å². The summed E-state index contributed by atoms with van der Waals surface area (Å²) in [5.41, 5.74) is 3.12. The molecule has 0 unspecified atom stereocenters. The number of anilines is 2. The molecule has 0 fully saturated rings. The van der Waals surface area contributed by atoms with Gasteiger partial charge in [0.2, 0.25) is 0 Å². The van der Waals surface area contributed by atoms with Crippen LogP contribution in [0.3, 0.4) is 0 Å². The fraction of sp³-hybridized carbons (Fsp3) is 0.286. The van der Waals surface area contributed by atoms with Gasteiger partial charge >= 0.3 is 0 Å². The number of nitrogens with one attached hydrogen (secondary N) is 1. The lowest BCUT2D eigenvalue weighted by atomic mass is 10.1. The van der Waals surface area contributed by atoms with Crippen LogP contribution < -0.4 is 5.32 Å². The Bertz CT molecular complexity index is 587. The zero-order valence-electron chi connectivity index (χ0n) is 10.9. The normalized spacial score (nSPS) is 10.5. The number of hydrogen-bond acceptors (Lipinski definition) is 3. The highest BCUT2D eigenvalue weighted by Crippen LogP contribution is 2.29. The molecule has 1 aromatic heterocycles. The molecule has 1 aromatic carbocycles. The lowest BCUT2D eigenvalue weighted by Crippen LogP contribution is -2.02. The van der Waals surface area contributed by atoms with Gasteiger partial charge in [0.25, 0.3) is 0 Å². The molecular weight excluding hydrogens is 326 g/mol. The maximum Gasteiger partial charge on any atom is 0.138 e. The summed E-state index contributed by atoms with van der Waals surface area (Å²) in [5.74, 6) is 0.771. The topological polar surface area (TPSA) is 37.8 Å². The molecule has 0 aliphatic rings. The zero-order chi connectivity index (χ0) is 13.8. The van der Waals surface area contributed by atoms with Gasteiger partial charge in [-0.3, -0.25) is 0 Å². The van der Waals surface area contributed by atoms with Crippen molar-refractivity contribution < 1.29 is 0 Å². The van der Waals surface area contributed by atoms with Crippen molar-refractivity contribution in [3.05, 3.63) is 45.3 Å². The lowest BCUT2D eigenvalue weighted by Gasteiger charge is -2.13. The average molecular weight is 341 g/mol. The van der Waals surface area contributed by atoms with Crippen LogP contribution in [0.25, 0.3) is 0 Å². The van der Waals surface area contributed by atoms with E-state index in [4.69, 9.17) is 11.6 Å². The molecule has 0 saturated heterocycles. The molecule has 0 bridgehead atoms. The quantitative estimate of drug-likeness (QED) is 0.805. The Morgan fingerprint density at radius 1 is 1.32 bits per heavy atom. The van der Waals surface area contributed by atoms with E-state index in [2.05, 4.69) is 57.2 Å². The maximum atomic E-state index is 6.14. The molecule has 0 spiro atoms. The van der Waals surface area contributed by atoms with Gasteiger partial charge in [-0.2, -0.15) is 0 Å². The largest absolute Gasteiger partial charge is 0.339 e. The van der Waals surface area contributed by atoms with Crippen molar-refractivity contribution in [3.63, 3.8) is 0 Å².